The summed E-state index contributed by atoms with van der Waals surface area (Å²) in [5, 5.41) is 2.97. The Bertz CT molecular complexity index is 867. The van der Waals surface area contributed by atoms with E-state index in [-0.39, 0.29) is 24.5 Å². The van der Waals surface area contributed by atoms with Gasteiger partial charge in [-0.3, -0.25) is 9.59 Å². The molecule has 0 fully saturated rings. The lowest BCUT2D eigenvalue weighted by Gasteiger charge is -2.29. The third-order valence-corrected chi connectivity index (χ3v) is 5.64. The van der Waals surface area contributed by atoms with Gasteiger partial charge in [-0.1, -0.05) is 52.7 Å². The van der Waals surface area contributed by atoms with Crippen LogP contribution in [0.1, 0.15) is 43.9 Å². The summed E-state index contributed by atoms with van der Waals surface area (Å²) in [6.07, 6.45) is 0.828. The molecule has 0 aliphatic heterocycles. The molecule has 2 aromatic rings. The van der Waals surface area contributed by atoms with E-state index in [1.54, 1.807) is 11.8 Å². The van der Waals surface area contributed by atoms with Crippen LogP contribution in [0.5, 0.6) is 5.75 Å². The Morgan fingerprint density at radius 1 is 1.10 bits per heavy atom. The molecule has 2 amide bonds. The quantitative estimate of drug-likeness (QED) is 0.568. The highest BCUT2D eigenvalue weighted by Gasteiger charge is 2.27. The maximum Gasteiger partial charge on any atom is 0.261 e. The normalized spacial score (nSPS) is 12.7. The lowest BCUT2D eigenvalue weighted by atomic mass is 10.1. The van der Waals surface area contributed by atoms with E-state index < -0.39 is 6.04 Å². The van der Waals surface area contributed by atoms with Gasteiger partial charge in [-0.05, 0) is 63.4 Å². The molecule has 2 rings (SSSR count). The molecule has 0 bridgehead atoms. The molecule has 0 spiro atoms. The van der Waals surface area contributed by atoms with E-state index >= 15 is 0 Å². The van der Waals surface area contributed by atoms with Gasteiger partial charge < -0.3 is 15.0 Å². The van der Waals surface area contributed by atoms with Crippen molar-refractivity contribution in [1.29, 1.82) is 0 Å². The fourth-order valence-corrected chi connectivity index (χ4v) is 3.28. The van der Waals surface area contributed by atoms with Crippen molar-refractivity contribution >= 4 is 27.7 Å². The fraction of sp³-hybridized carbons (Fsp3) is 0.417. The number of carbonyl (C=O) groups excluding carboxylic acids is 2. The van der Waals surface area contributed by atoms with Crippen molar-refractivity contribution in [2.75, 3.05) is 6.61 Å². The van der Waals surface area contributed by atoms with Gasteiger partial charge in [0.05, 0.1) is 0 Å². The molecule has 2 atom stereocenters. The third-order valence-electron chi connectivity index (χ3n) is 5.12. The monoisotopic (exact) mass is 474 g/mol. The second-order valence-electron chi connectivity index (χ2n) is 7.70. The average Bonchev–Trinajstić information content (AvgIpc) is 2.71. The zero-order valence-corrected chi connectivity index (χ0v) is 20.0. The van der Waals surface area contributed by atoms with E-state index in [9.17, 15) is 9.59 Å². The minimum absolute atomic E-state index is 0.0519. The van der Waals surface area contributed by atoms with Crippen molar-refractivity contribution in [3.63, 3.8) is 0 Å². The molecule has 0 aromatic heterocycles. The van der Waals surface area contributed by atoms with E-state index in [4.69, 9.17) is 4.74 Å². The molecule has 0 aliphatic rings. The van der Waals surface area contributed by atoms with Crippen LogP contribution < -0.4 is 10.1 Å². The summed E-state index contributed by atoms with van der Waals surface area (Å²) < 4.78 is 6.76. The van der Waals surface area contributed by atoms with Gasteiger partial charge in [0.1, 0.15) is 11.8 Å². The maximum absolute atomic E-state index is 13.1. The number of amides is 2. The van der Waals surface area contributed by atoms with E-state index in [1.807, 2.05) is 70.2 Å². The largest absolute Gasteiger partial charge is 0.483 e. The van der Waals surface area contributed by atoms with E-state index in [1.165, 1.54) is 0 Å². The first kappa shape index (κ1) is 23.9. The molecule has 0 aliphatic carbocycles. The first-order chi connectivity index (χ1) is 14.2. The Morgan fingerprint density at radius 3 is 2.37 bits per heavy atom. The molecule has 162 valence electrons. The highest BCUT2D eigenvalue weighted by atomic mass is 79.9. The first-order valence-electron chi connectivity index (χ1n) is 10.3. The summed E-state index contributed by atoms with van der Waals surface area (Å²) in [4.78, 5) is 27.4. The van der Waals surface area contributed by atoms with Crippen molar-refractivity contribution in [1.82, 2.24) is 10.2 Å². The zero-order valence-electron chi connectivity index (χ0n) is 18.4. The van der Waals surface area contributed by atoms with Crippen molar-refractivity contribution in [3.8, 4) is 5.75 Å². The van der Waals surface area contributed by atoms with Gasteiger partial charge in [0.15, 0.2) is 6.61 Å². The maximum atomic E-state index is 13.1. The first-order valence-corrected chi connectivity index (χ1v) is 11.0. The zero-order chi connectivity index (χ0) is 22.3. The van der Waals surface area contributed by atoms with Crippen molar-refractivity contribution < 1.29 is 14.3 Å². The average molecular weight is 475 g/mol. The molecule has 5 nitrogen and oxygen atoms in total. The molecule has 0 saturated heterocycles. The topological polar surface area (TPSA) is 58.6 Å². The van der Waals surface area contributed by atoms with Crippen LogP contribution in [-0.4, -0.2) is 35.4 Å². The van der Waals surface area contributed by atoms with Gasteiger partial charge in [-0.15, -0.1) is 0 Å². The van der Waals surface area contributed by atoms with Gasteiger partial charge in [0.2, 0.25) is 5.91 Å². The molecule has 0 radical (unpaired) electrons. The van der Waals surface area contributed by atoms with Crippen molar-refractivity contribution in [2.24, 2.45) is 0 Å². The van der Waals surface area contributed by atoms with Crippen LogP contribution in [0.15, 0.2) is 46.9 Å². The van der Waals surface area contributed by atoms with Gasteiger partial charge in [-0.25, -0.2) is 0 Å². The van der Waals surface area contributed by atoms with Crippen LogP contribution in [0.4, 0.5) is 0 Å². The molecular formula is C24H31BrN2O3. The highest BCUT2D eigenvalue weighted by Crippen LogP contribution is 2.19. The van der Waals surface area contributed by atoms with Crippen LogP contribution in [0.2, 0.25) is 0 Å². The predicted octanol–water partition coefficient (Wildman–Crippen LogP) is 4.78. The highest BCUT2D eigenvalue weighted by molar-refractivity contribution is 9.10. The molecule has 1 N–H and O–H groups in total. The number of ether oxygens (including phenoxy) is 1. The molecule has 0 saturated carbocycles. The Morgan fingerprint density at radius 2 is 1.77 bits per heavy atom. The SMILES string of the molecule is CC[C@@H](C)NC(=O)[C@H](C)N(Cc1ccc(Br)cc1)C(=O)COc1ccc(C)cc1C. The van der Waals surface area contributed by atoms with Crippen LogP contribution in [0.25, 0.3) is 0 Å². The summed E-state index contributed by atoms with van der Waals surface area (Å²) in [7, 11) is 0. The van der Waals surface area contributed by atoms with Crippen molar-refractivity contribution in [3.05, 3.63) is 63.6 Å². The molecule has 0 heterocycles. The number of rotatable bonds is 9. The third kappa shape index (κ3) is 6.87. The smallest absolute Gasteiger partial charge is 0.261 e. The summed E-state index contributed by atoms with van der Waals surface area (Å²) in [5.41, 5.74) is 3.06. The van der Waals surface area contributed by atoms with Gasteiger partial charge in [0.25, 0.3) is 5.91 Å². The van der Waals surface area contributed by atoms with Gasteiger partial charge >= 0.3 is 0 Å². The Labute approximate surface area is 187 Å². The van der Waals surface area contributed by atoms with Crippen LogP contribution in [0, 0.1) is 13.8 Å². The number of aryl methyl sites for hydroxylation is 2. The summed E-state index contributed by atoms with van der Waals surface area (Å²) in [5.74, 6) is 0.278. The number of halogens is 1. The number of carbonyl (C=O) groups is 2. The summed E-state index contributed by atoms with van der Waals surface area (Å²) in [6, 6.07) is 13.0. The van der Waals surface area contributed by atoms with Crippen LogP contribution >= 0.6 is 15.9 Å². The lowest BCUT2D eigenvalue weighted by molar-refractivity contribution is -0.142. The standard InChI is InChI=1S/C24H31BrN2O3/c1-6-18(4)26-24(29)19(5)27(14-20-8-10-21(25)11-9-20)23(28)15-30-22-12-7-16(2)13-17(22)3/h7-13,18-19H,6,14-15H2,1-5H3,(H,26,29)/t18-,19+/m1/s1. The van der Waals surface area contributed by atoms with Gasteiger partial charge in [0, 0.05) is 17.1 Å². The second-order valence-corrected chi connectivity index (χ2v) is 8.62. The Balaban J connectivity index is 2.16. The van der Waals surface area contributed by atoms with Crippen molar-refractivity contribution in [2.45, 2.75) is 59.7 Å². The molecule has 6 heteroatoms. The number of hydrogen-bond donors (Lipinski definition) is 1. The Hall–Kier alpha value is -2.34. The molecule has 30 heavy (non-hydrogen) atoms. The predicted molar refractivity (Wildman–Crippen MR) is 123 cm³/mol. The number of nitrogens with one attached hydrogen (secondary N) is 1. The lowest BCUT2D eigenvalue weighted by Crippen LogP contribution is -2.50. The number of hydrogen-bond acceptors (Lipinski definition) is 3. The molecule has 2 aromatic carbocycles. The minimum Gasteiger partial charge on any atom is -0.483 e. The summed E-state index contributed by atoms with van der Waals surface area (Å²) in [6.45, 7) is 9.89. The number of benzene rings is 2. The van der Waals surface area contributed by atoms with Crippen LogP contribution in [-0.2, 0) is 16.1 Å². The Kier molecular flexibility index (Phi) is 8.90. The van der Waals surface area contributed by atoms with Crippen LogP contribution in [0.3, 0.4) is 0 Å². The molecular weight excluding hydrogens is 444 g/mol. The number of nitrogens with zero attached hydrogens (tertiary/aromatic N) is 1. The summed E-state index contributed by atoms with van der Waals surface area (Å²) >= 11 is 3.43. The van der Waals surface area contributed by atoms with E-state index in [0.29, 0.717) is 12.3 Å². The van der Waals surface area contributed by atoms with E-state index in [0.717, 1.165) is 27.6 Å². The molecule has 0 unspecified atom stereocenters. The minimum atomic E-state index is -0.613. The fourth-order valence-electron chi connectivity index (χ4n) is 3.02. The van der Waals surface area contributed by atoms with Gasteiger partial charge in [-0.2, -0.15) is 0 Å². The second kappa shape index (κ2) is 11.2. The van der Waals surface area contributed by atoms with E-state index in [2.05, 4.69) is 21.2 Å².